The summed E-state index contributed by atoms with van der Waals surface area (Å²) in [5, 5.41) is 2.59. The number of nitrogens with one attached hydrogen (secondary N) is 2. The highest BCUT2D eigenvalue weighted by atomic mass is 16.5. The molecule has 27 heavy (non-hydrogen) atoms. The molecule has 0 aliphatic heterocycles. The van der Waals surface area contributed by atoms with Crippen LogP contribution in [0.5, 0.6) is 0 Å². The number of rotatable bonds is 5. The number of ether oxygens (including phenoxy) is 1. The van der Waals surface area contributed by atoms with Crippen molar-refractivity contribution in [3.05, 3.63) is 65.1 Å². The molecule has 0 unspecified atom stereocenters. The predicted octanol–water partition coefficient (Wildman–Crippen LogP) is 3.19. The highest BCUT2D eigenvalue weighted by Crippen LogP contribution is 2.18. The zero-order valence-corrected chi connectivity index (χ0v) is 15.4. The molecule has 0 fully saturated rings. The van der Waals surface area contributed by atoms with Crippen LogP contribution in [0.2, 0.25) is 0 Å². The van der Waals surface area contributed by atoms with Crippen LogP contribution in [0, 0.1) is 20.8 Å². The van der Waals surface area contributed by atoms with Crippen molar-refractivity contribution < 1.29 is 14.3 Å². The summed E-state index contributed by atoms with van der Waals surface area (Å²) in [6.07, 6.45) is 0. The van der Waals surface area contributed by atoms with Crippen molar-refractivity contribution in [3.63, 3.8) is 0 Å². The summed E-state index contributed by atoms with van der Waals surface area (Å²) in [4.78, 5) is 35.8. The van der Waals surface area contributed by atoms with Crippen molar-refractivity contribution in [1.82, 2.24) is 15.0 Å². The maximum atomic E-state index is 12.1. The molecule has 3 aromatic rings. The second kappa shape index (κ2) is 7.82. The number of aromatic nitrogens is 3. The first kappa shape index (κ1) is 18.3. The molecular weight excluding hydrogens is 344 g/mol. The minimum Gasteiger partial charge on any atom is -0.452 e. The third-order valence-corrected chi connectivity index (χ3v) is 4.01. The number of aromatic amines is 1. The van der Waals surface area contributed by atoms with E-state index in [1.807, 2.05) is 26.8 Å². The van der Waals surface area contributed by atoms with Gasteiger partial charge < -0.3 is 15.0 Å². The fraction of sp³-hybridized carbons (Fsp3) is 0.200. The maximum Gasteiger partial charge on any atom is 0.338 e. The summed E-state index contributed by atoms with van der Waals surface area (Å²) in [5.41, 5.74) is 3.95. The lowest BCUT2D eigenvalue weighted by molar-refractivity contribution is -0.119. The number of hydrogen-bond acceptors (Lipinski definition) is 5. The van der Waals surface area contributed by atoms with Crippen LogP contribution in [-0.2, 0) is 9.53 Å². The number of carbonyl (C=O) groups is 2. The quantitative estimate of drug-likeness (QED) is 0.678. The predicted molar refractivity (Wildman–Crippen MR) is 101 cm³/mol. The van der Waals surface area contributed by atoms with Gasteiger partial charge in [-0.05, 0) is 45.0 Å². The Morgan fingerprint density at radius 1 is 1.04 bits per heavy atom. The van der Waals surface area contributed by atoms with E-state index in [0.29, 0.717) is 11.4 Å². The molecule has 0 aliphatic rings. The average Bonchev–Trinajstić information content (AvgIpc) is 2.99. The summed E-state index contributed by atoms with van der Waals surface area (Å²) in [6.45, 7) is 5.32. The van der Waals surface area contributed by atoms with Gasteiger partial charge >= 0.3 is 5.97 Å². The number of anilines is 1. The molecule has 0 saturated heterocycles. The number of esters is 1. The molecule has 0 atom stereocenters. The van der Waals surface area contributed by atoms with Crippen molar-refractivity contribution in [2.24, 2.45) is 0 Å². The molecule has 1 amide bonds. The van der Waals surface area contributed by atoms with Crippen molar-refractivity contribution in [2.75, 3.05) is 11.9 Å². The summed E-state index contributed by atoms with van der Waals surface area (Å²) in [5.74, 6) is 0.152. The molecular formula is C20H20N4O3. The Balaban J connectivity index is 1.57. The van der Waals surface area contributed by atoms with Gasteiger partial charge in [-0.25, -0.2) is 14.8 Å². The van der Waals surface area contributed by atoms with E-state index in [2.05, 4.69) is 20.3 Å². The van der Waals surface area contributed by atoms with Gasteiger partial charge in [0.25, 0.3) is 5.91 Å². The van der Waals surface area contributed by atoms with Gasteiger partial charge in [0.15, 0.2) is 6.61 Å². The minimum atomic E-state index is -0.569. The van der Waals surface area contributed by atoms with Crippen LogP contribution in [0.4, 0.5) is 5.82 Å². The van der Waals surface area contributed by atoms with Gasteiger partial charge in [0.05, 0.1) is 11.3 Å². The van der Waals surface area contributed by atoms with E-state index in [0.717, 1.165) is 28.5 Å². The number of H-pyrrole nitrogens is 1. The van der Waals surface area contributed by atoms with E-state index in [1.165, 1.54) is 0 Å². The summed E-state index contributed by atoms with van der Waals surface area (Å²) >= 11 is 0. The molecule has 0 aliphatic carbocycles. The first-order chi connectivity index (χ1) is 12.9. The van der Waals surface area contributed by atoms with Gasteiger partial charge in [-0.1, -0.05) is 18.2 Å². The van der Waals surface area contributed by atoms with E-state index in [9.17, 15) is 9.59 Å². The van der Waals surface area contributed by atoms with Crippen molar-refractivity contribution in [3.8, 4) is 11.4 Å². The second-order valence-electron chi connectivity index (χ2n) is 6.16. The lowest BCUT2D eigenvalue weighted by atomic mass is 10.1. The molecule has 0 radical (unpaired) electrons. The number of nitrogens with zero attached hydrogens (tertiary/aromatic N) is 2. The molecule has 0 saturated carbocycles. The van der Waals surface area contributed by atoms with E-state index in [4.69, 9.17) is 4.74 Å². The molecule has 0 bridgehead atoms. The Kier molecular flexibility index (Phi) is 5.30. The molecule has 7 heteroatoms. The van der Waals surface area contributed by atoms with Crippen LogP contribution < -0.4 is 5.32 Å². The lowest BCUT2D eigenvalue weighted by Gasteiger charge is -2.07. The van der Waals surface area contributed by atoms with E-state index in [-0.39, 0.29) is 6.61 Å². The molecule has 2 N–H and O–H groups in total. The summed E-state index contributed by atoms with van der Waals surface area (Å²) < 4.78 is 5.06. The Morgan fingerprint density at radius 3 is 2.41 bits per heavy atom. The Bertz CT molecular complexity index is 958. The molecule has 7 nitrogen and oxygen atoms in total. The smallest absolute Gasteiger partial charge is 0.338 e. The SMILES string of the molecule is Cc1cccc(NC(=O)COC(=O)c2ccc(-c3nc(C)c(C)[nH]3)cc2)n1. The van der Waals surface area contributed by atoms with Crippen LogP contribution in [0.15, 0.2) is 42.5 Å². The minimum absolute atomic E-state index is 0.361. The number of carbonyl (C=O) groups excluding carboxylic acids is 2. The normalized spacial score (nSPS) is 10.5. The standard InChI is InChI=1S/C20H20N4O3/c1-12-5-4-6-17(21-12)24-18(25)11-27-20(26)16-9-7-15(8-10-16)19-22-13(2)14(3)23-19/h4-10H,11H2,1-3H3,(H,22,23)(H,21,24,25). The number of imidazole rings is 1. The fourth-order valence-electron chi connectivity index (χ4n) is 2.45. The first-order valence-corrected chi connectivity index (χ1v) is 8.46. The van der Waals surface area contributed by atoms with Gasteiger partial charge in [0, 0.05) is 17.0 Å². The monoisotopic (exact) mass is 364 g/mol. The molecule has 0 spiro atoms. The molecule has 138 valence electrons. The van der Waals surface area contributed by atoms with Crippen molar-refractivity contribution in [2.45, 2.75) is 20.8 Å². The average molecular weight is 364 g/mol. The number of aryl methyl sites for hydroxylation is 3. The zero-order chi connectivity index (χ0) is 19.4. The van der Waals surface area contributed by atoms with Crippen LogP contribution >= 0.6 is 0 Å². The molecule has 2 heterocycles. The first-order valence-electron chi connectivity index (χ1n) is 8.46. The van der Waals surface area contributed by atoms with Gasteiger partial charge in [0.2, 0.25) is 0 Å². The summed E-state index contributed by atoms with van der Waals surface area (Å²) in [7, 11) is 0. The topological polar surface area (TPSA) is 97.0 Å². The fourth-order valence-corrected chi connectivity index (χ4v) is 2.45. The number of amides is 1. The zero-order valence-electron chi connectivity index (χ0n) is 15.4. The van der Waals surface area contributed by atoms with Gasteiger partial charge in [-0.15, -0.1) is 0 Å². The largest absolute Gasteiger partial charge is 0.452 e. The van der Waals surface area contributed by atoms with Crippen LogP contribution in [0.1, 0.15) is 27.4 Å². The maximum absolute atomic E-state index is 12.1. The van der Waals surface area contributed by atoms with E-state index < -0.39 is 11.9 Å². The van der Waals surface area contributed by atoms with Gasteiger partial charge in [0.1, 0.15) is 11.6 Å². The Labute approximate surface area is 156 Å². The van der Waals surface area contributed by atoms with Crippen molar-refractivity contribution >= 4 is 17.7 Å². The number of pyridine rings is 1. The molecule has 1 aromatic carbocycles. The second-order valence-corrected chi connectivity index (χ2v) is 6.16. The van der Waals surface area contributed by atoms with Crippen LogP contribution in [0.3, 0.4) is 0 Å². The Morgan fingerprint density at radius 2 is 1.78 bits per heavy atom. The van der Waals surface area contributed by atoms with Gasteiger partial charge in [-0.3, -0.25) is 4.79 Å². The van der Waals surface area contributed by atoms with Crippen LogP contribution in [-0.4, -0.2) is 33.4 Å². The highest BCUT2D eigenvalue weighted by Gasteiger charge is 2.12. The number of hydrogen-bond donors (Lipinski definition) is 2. The highest BCUT2D eigenvalue weighted by molar-refractivity contribution is 5.95. The van der Waals surface area contributed by atoms with E-state index in [1.54, 1.807) is 36.4 Å². The molecule has 3 rings (SSSR count). The Hall–Kier alpha value is -3.48. The molecule has 2 aromatic heterocycles. The van der Waals surface area contributed by atoms with Gasteiger partial charge in [-0.2, -0.15) is 0 Å². The third kappa shape index (κ3) is 4.58. The van der Waals surface area contributed by atoms with Crippen LogP contribution in [0.25, 0.3) is 11.4 Å². The lowest BCUT2D eigenvalue weighted by Crippen LogP contribution is -2.21. The number of benzene rings is 1. The summed E-state index contributed by atoms with van der Waals surface area (Å²) in [6, 6.07) is 12.1. The van der Waals surface area contributed by atoms with E-state index >= 15 is 0 Å². The third-order valence-electron chi connectivity index (χ3n) is 4.01. The van der Waals surface area contributed by atoms with Crippen molar-refractivity contribution in [1.29, 1.82) is 0 Å².